The van der Waals surface area contributed by atoms with E-state index in [4.69, 9.17) is 32.5 Å². The highest BCUT2D eigenvalue weighted by molar-refractivity contribution is 6.35. The topological polar surface area (TPSA) is 35.3 Å². The fraction of sp³-hybridized carbons (Fsp3) is 0.286. The van der Waals surface area contributed by atoms with Crippen LogP contribution in [-0.2, 0) is 19.4 Å². The molecule has 0 aliphatic heterocycles. The van der Waals surface area contributed by atoms with Crippen molar-refractivity contribution in [3.63, 3.8) is 0 Å². The minimum absolute atomic E-state index is 0.225. The largest absolute Gasteiger partial charge is 0.489 e. The van der Waals surface area contributed by atoms with E-state index in [2.05, 4.69) is 25.1 Å². The molecule has 1 aromatic heterocycles. The summed E-state index contributed by atoms with van der Waals surface area (Å²) < 4.78 is 11.5. The molecule has 0 saturated carbocycles. The number of aromatic nitrogens is 1. The van der Waals surface area contributed by atoms with Crippen molar-refractivity contribution >= 4 is 23.2 Å². The number of halogens is 2. The van der Waals surface area contributed by atoms with Crippen molar-refractivity contribution in [3.8, 4) is 5.75 Å². The van der Waals surface area contributed by atoms with Gasteiger partial charge in [-0.05, 0) is 48.7 Å². The van der Waals surface area contributed by atoms with Gasteiger partial charge in [-0.1, -0.05) is 60.4 Å². The van der Waals surface area contributed by atoms with Crippen LogP contribution < -0.4 is 4.74 Å². The Hall–Kier alpha value is -1.97. The third-order valence-corrected chi connectivity index (χ3v) is 4.88. The predicted molar refractivity (Wildman–Crippen MR) is 104 cm³/mol. The van der Waals surface area contributed by atoms with Crippen molar-refractivity contribution in [1.29, 1.82) is 0 Å². The summed E-state index contributed by atoms with van der Waals surface area (Å²) >= 11 is 12.6. The quantitative estimate of drug-likeness (QED) is 0.478. The highest BCUT2D eigenvalue weighted by Crippen LogP contribution is 2.28. The van der Waals surface area contributed by atoms with E-state index >= 15 is 0 Å². The van der Waals surface area contributed by atoms with E-state index in [1.165, 1.54) is 0 Å². The maximum atomic E-state index is 6.28. The van der Waals surface area contributed by atoms with Crippen molar-refractivity contribution in [2.45, 2.75) is 39.2 Å². The molecule has 0 aliphatic carbocycles. The monoisotopic (exact) mass is 388 g/mol. The molecule has 0 bridgehead atoms. The number of ether oxygens (including phenoxy) is 1. The first kappa shape index (κ1) is 18.8. The Kier molecular flexibility index (Phi) is 6.23. The molecule has 0 N–H and O–H groups in total. The van der Waals surface area contributed by atoms with E-state index in [-0.39, 0.29) is 5.92 Å². The van der Waals surface area contributed by atoms with Crippen LogP contribution in [0.25, 0.3) is 0 Å². The van der Waals surface area contributed by atoms with Gasteiger partial charge in [0, 0.05) is 16.0 Å². The van der Waals surface area contributed by atoms with Crippen molar-refractivity contribution in [2.24, 2.45) is 0 Å². The molecule has 3 aromatic rings. The smallest absolute Gasteiger partial charge is 0.146 e. The van der Waals surface area contributed by atoms with Gasteiger partial charge in [0.05, 0.1) is 11.3 Å². The first-order chi connectivity index (χ1) is 12.6. The maximum Gasteiger partial charge on any atom is 0.146 e. The van der Waals surface area contributed by atoms with E-state index in [1.807, 2.05) is 42.5 Å². The van der Waals surface area contributed by atoms with Gasteiger partial charge in [0.2, 0.25) is 0 Å². The fourth-order valence-corrected chi connectivity index (χ4v) is 3.39. The second-order valence-electron chi connectivity index (χ2n) is 6.35. The van der Waals surface area contributed by atoms with Crippen LogP contribution in [0.5, 0.6) is 5.75 Å². The Morgan fingerprint density at radius 2 is 1.73 bits per heavy atom. The lowest BCUT2D eigenvalue weighted by Gasteiger charge is -2.10. The van der Waals surface area contributed by atoms with Crippen LogP contribution in [0.4, 0.5) is 0 Å². The minimum atomic E-state index is 0.225. The summed E-state index contributed by atoms with van der Waals surface area (Å²) in [5.41, 5.74) is 2.80. The molecule has 26 heavy (non-hydrogen) atoms. The normalized spacial score (nSPS) is 11.1. The number of aryl methyl sites for hydroxylation is 1. The standard InChI is InChI=1S/C21H20Cl2NO2/c1-14(2)21-17(13-25-15-7-4-3-5-8-15)20(24-26-21)12-11-16-18(22)9-6-10-19(16)23/h4-10,14H,11-13H2,1-2H3. The zero-order valence-electron chi connectivity index (χ0n) is 14.8. The number of rotatable bonds is 7. The SMILES string of the molecule is CC(C)c1onc(CCc2c(Cl)cccc2Cl)c1COc1cc[c]cc1. The molecule has 0 atom stereocenters. The van der Waals surface area contributed by atoms with Gasteiger partial charge < -0.3 is 9.26 Å². The third kappa shape index (κ3) is 4.40. The lowest BCUT2D eigenvalue weighted by molar-refractivity contribution is 0.298. The zero-order chi connectivity index (χ0) is 18.5. The zero-order valence-corrected chi connectivity index (χ0v) is 16.3. The molecule has 0 aliphatic rings. The summed E-state index contributed by atoms with van der Waals surface area (Å²) in [6.07, 6.45) is 1.37. The summed E-state index contributed by atoms with van der Waals surface area (Å²) in [5.74, 6) is 1.87. The number of benzene rings is 2. The van der Waals surface area contributed by atoms with Crippen molar-refractivity contribution in [3.05, 3.63) is 81.2 Å². The molecule has 0 unspecified atom stereocenters. The second kappa shape index (κ2) is 8.61. The average Bonchev–Trinajstić information content (AvgIpc) is 3.03. The minimum Gasteiger partial charge on any atom is -0.489 e. The summed E-state index contributed by atoms with van der Waals surface area (Å²) in [7, 11) is 0. The first-order valence-electron chi connectivity index (χ1n) is 8.55. The number of hydrogen-bond donors (Lipinski definition) is 0. The maximum absolute atomic E-state index is 6.28. The van der Waals surface area contributed by atoms with Crippen LogP contribution in [0.3, 0.4) is 0 Å². The summed E-state index contributed by atoms with van der Waals surface area (Å²) in [6, 6.07) is 15.9. The van der Waals surface area contributed by atoms with Gasteiger partial charge in [0.25, 0.3) is 0 Å². The van der Waals surface area contributed by atoms with Gasteiger partial charge in [-0.15, -0.1) is 0 Å². The molecule has 2 aromatic carbocycles. The van der Waals surface area contributed by atoms with Crippen molar-refractivity contribution < 1.29 is 9.26 Å². The van der Waals surface area contributed by atoms with E-state index in [1.54, 1.807) is 0 Å². The fourth-order valence-electron chi connectivity index (χ4n) is 2.80. The van der Waals surface area contributed by atoms with E-state index in [9.17, 15) is 0 Å². The Balaban J connectivity index is 1.78. The van der Waals surface area contributed by atoms with Gasteiger partial charge in [-0.25, -0.2) is 0 Å². The van der Waals surface area contributed by atoms with Crippen LogP contribution in [-0.4, -0.2) is 5.16 Å². The molecule has 3 nitrogen and oxygen atoms in total. The van der Waals surface area contributed by atoms with Crippen molar-refractivity contribution in [2.75, 3.05) is 0 Å². The number of hydrogen-bond acceptors (Lipinski definition) is 3. The lowest BCUT2D eigenvalue weighted by Crippen LogP contribution is -2.04. The Morgan fingerprint density at radius 3 is 2.38 bits per heavy atom. The predicted octanol–water partition coefficient (Wildman–Crippen LogP) is 6.27. The molecule has 1 heterocycles. The average molecular weight is 389 g/mol. The number of nitrogens with zero attached hydrogens (tertiary/aromatic N) is 1. The highest BCUT2D eigenvalue weighted by Gasteiger charge is 2.20. The lowest BCUT2D eigenvalue weighted by atomic mass is 10.0. The molecule has 0 amide bonds. The van der Waals surface area contributed by atoms with Gasteiger partial charge in [0.15, 0.2) is 0 Å². The van der Waals surface area contributed by atoms with E-state index < -0.39 is 0 Å². The van der Waals surface area contributed by atoms with Crippen LogP contribution in [0, 0.1) is 6.07 Å². The van der Waals surface area contributed by atoms with Crippen LogP contribution in [0.15, 0.2) is 47.0 Å². The molecule has 3 rings (SSSR count). The molecular formula is C21H20Cl2NO2. The van der Waals surface area contributed by atoms with Crippen LogP contribution >= 0.6 is 23.2 Å². The second-order valence-corrected chi connectivity index (χ2v) is 7.17. The summed E-state index contributed by atoms with van der Waals surface area (Å²) in [4.78, 5) is 0. The van der Waals surface area contributed by atoms with Crippen LogP contribution in [0.1, 0.15) is 42.3 Å². The Morgan fingerprint density at radius 1 is 1.04 bits per heavy atom. The molecule has 5 heteroatoms. The Labute approximate surface area is 163 Å². The van der Waals surface area contributed by atoms with Gasteiger partial charge >= 0.3 is 0 Å². The Bertz CT molecular complexity index is 839. The molecule has 0 saturated heterocycles. The molecular weight excluding hydrogens is 369 g/mol. The molecule has 135 valence electrons. The summed E-state index contributed by atoms with van der Waals surface area (Å²) in [6.45, 7) is 4.57. The molecule has 1 radical (unpaired) electrons. The third-order valence-electron chi connectivity index (χ3n) is 4.17. The summed E-state index contributed by atoms with van der Waals surface area (Å²) in [5, 5.41) is 5.62. The van der Waals surface area contributed by atoms with Crippen LogP contribution in [0.2, 0.25) is 10.0 Å². The highest BCUT2D eigenvalue weighted by atomic mass is 35.5. The molecule has 0 fully saturated rings. The van der Waals surface area contributed by atoms with Crippen molar-refractivity contribution in [1.82, 2.24) is 5.16 Å². The van der Waals surface area contributed by atoms with E-state index in [0.717, 1.165) is 28.3 Å². The first-order valence-corrected chi connectivity index (χ1v) is 9.31. The van der Waals surface area contributed by atoms with Gasteiger partial charge in [0.1, 0.15) is 18.1 Å². The van der Waals surface area contributed by atoms with Gasteiger partial charge in [-0.3, -0.25) is 0 Å². The van der Waals surface area contributed by atoms with E-state index in [0.29, 0.717) is 29.5 Å². The van der Waals surface area contributed by atoms with Gasteiger partial charge in [-0.2, -0.15) is 0 Å². The molecule has 0 spiro atoms.